The molecule has 0 spiro atoms. The van der Waals surface area contributed by atoms with Crippen LogP contribution in [0.4, 0.5) is 0 Å². The van der Waals surface area contributed by atoms with Crippen LogP contribution in [0.1, 0.15) is 18.6 Å². The van der Waals surface area contributed by atoms with Crippen molar-refractivity contribution < 1.29 is 13.9 Å². The molecule has 26 heavy (non-hydrogen) atoms. The molecule has 0 N–H and O–H groups in total. The van der Waals surface area contributed by atoms with Gasteiger partial charge in [-0.05, 0) is 37.1 Å². The van der Waals surface area contributed by atoms with E-state index in [4.69, 9.17) is 21.4 Å². The molecule has 1 unspecified atom stereocenters. The first-order valence-corrected chi connectivity index (χ1v) is 10.3. The van der Waals surface area contributed by atoms with E-state index in [-0.39, 0.29) is 12.0 Å². The molecule has 2 aromatic rings. The lowest BCUT2D eigenvalue weighted by atomic mass is 10.2. The normalized spacial score (nSPS) is 22.0. The largest absolute Gasteiger partial charge is 0.457 e. The zero-order valence-electron chi connectivity index (χ0n) is 13.8. The molecular formula is C19H16BrNO3S2. The monoisotopic (exact) mass is 449 g/mol. The van der Waals surface area contributed by atoms with Gasteiger partial charge >= 0.3 is 0 Å². The minimum atomic E-state index is -0.0721. The van der Waals surface area contributed by atoms with Gasteiger partial charge < -0.3 is 9.15 Å². The Morgan fingerprint density at radius 1 is 1.27 bits per heavy atom. The van der Waals surface area contributed by atoms with E-state index in [9.17, 15) is 4.79 Å². The number of carbonyl (C=O) groups is 1. The van der Waals surface area contributed by atoms with Crippen molar-refractivity contribution in [1.82, 2.24) is 4.90 Å². The molecule has 0 bridgehead atoms. The Hall–Kier alpha value is -1.41. The number of furan rings is 1. The Balaban J connectivity index is 1.50. The van der Waals surface area contributed by atoms with Crippen LogP contribution < -0.4 is 0 Å². The second-order valence-electron chi connectivity index (χ2n) is 6.14. The van der Waals surface area contributed by atoms with Gasteiger partial charge in [-0.3, -0.25) is 9.69 Å². The van der Waals surface area contributed by atoms with Crippen molar-refractivity contribution in [1.29, 1.82) is 0 Å². The van der Waals surface area contributed by atoms with Gasteiger partial charge in [0.25, 0.3) is 5.91 Å². The molecule has 2 saturated heterocycles. The van der Waals surface area contributed by atoms with Crippen molar-refractivity contribution in [3.8, 4) is 11.3 Å². The fraction of sp³-hybridized carbons (Fsp3) is 0.263. The zero-order chi connectivity index (χ0) is 18.1. The van der Waals surface area contributed by atoms with Crippen LogP contribution in [0.25, 0.3) is 17.4 Å². The second kappa shape index (κ2) is 7.68. The Kier molecular flexibility index (Phi) is 5.31. The van der Waals surface area contributed by atoms with Crippen molar-refractivity contribution in [2.75, 3.05) is 13.2 Å². The summed E-state index contributed by atoms with van der Waals surface area (Å²) in [4.78, 5) is 14.9. The molecule has 0 saturated carbocycles. The lowest BCUT2D eigenvalue weighted by Gasteiger charge is -2.18. The Morgan fingerprint density at radius 2 is 2.08 bits per heavy atom. The lowest BCUT2D eigenvalue weighted by molar-refractivity contribution is -0.123. The molecule has 0 aliphatic carbocycles. The molecule has 4 nitrogen and oxygen atoms in total. The summed E-state index contributed by atoms with van der Waals surface area (Å²) in [5.41, 5.74) is 0.985. The van der Waals surface area contributed by atoms with E-state index in [2.05, 4.69) is 15.9 Å². The summed E-state index contributed by atoms with van der Waals surface area (Å²) >= 11 is 10.1. The number of thiocarbonyl (C=S) groups is 1. The second-order valence-corrected chi connectivity index (χ2v) is 8.73. The summed E-state index contributed by atoms with van der Waals surface area (Å²) in [5, 5.41) is 0. The molecule has 1 amide bonds. The third-order valence-electron chi connectivity index (χ3n) is 4.31. The number of rotatable bonds is 4. The van der Waals surface area contributed by atoms with Crippen LogP contribution in [-0.4, -0.2) is 34.4 Å². The average Bonchev–Trinajstić information content (AvgIpc) is 3.35. The van der Waals surface area contributed by atoms with E-state index in [1.807, 2.05) is 36.4 Å². The van der Waals surface area contributed by atoms with E-state index in [1.165, 1.54) is 11.8 Å². The maximum atomic E-state index is 12.7. The van der Waals surface area contributed by atoms with E-state index in [0.29, 0.717) is 21.5 Å². The van der Waals surface area contributed by atoms with Crippen molar-refractivity contribution in [3.05, 3.63) is 51.5 Å². The highest BCUT2D eigenvalue weighted by Crippen LogP contribution is 2.34. The fourth-order valence-corrected chi connectivity index (χ4v) is 4.50. The number of carbonyl (C=O) groups excluding carboxylic acids is 1. The van der Waals surface area contributed by atoms with Crippen LogP contribution in [-0.2, 0) is 9.53 Å². The third-order valence-corrected chi connectivity index (χ3v) is 6.22. The van der Waals surface area contributed by atoms with Crippen LogP contribution in [0.15, 0.2) is 50.2 Å². The Morgan fingerprint density at radius 3 is 2.81 bits per heavy atom. The highest BCUT2D eigenvalue weighted by atomic mass is 79.9. The van der Waals surface area contributed by atoms with Crippen molar-refractivity contribution in [2.24, 2.45) is 0 Å². The minimum absolute atomic E-state index is 0.0721. The number of thioether (sulfide) groups is 1. The van der Waals surface area contributed by atoms with Crippen LogP contribution >= 0.6 is 39.9 Å². The van der Waals surface area contributed by atoms with Crippen LogP contribution in [0, 0.1) is 0 Å². The smallest absolute Gasteiger partial charge is 0.266 e. The average molecular weight is 450 g/mol. The molecule has 0 radical (unpaired) electrons. The van der Waals surface area contributed by atoms with Crippen molar-refractivity contribution >= 4 is 56.2 Å². The summed E-state index contributed by atoms with van der Waals surface area (Å²) in [6.45, 7) is 1.30. The SMILES string of the molecule is O=C1C(=Cc2ccc(-c3ccc(Br)cc3)o2)SC(=S)N1CC1CCCO1. The molecule has 1 aromatic heterocycles. The van der Waals surface area contributed by atoms with E-state index >= 15 is 0 Å². The van der Waals surface area contributed by atoms with Crippen molar-refractivity contribution in [2.45, 2.75) is 18.9 Å². The number of amides is 1. The molecule has 134 valence electrons. The van der Waals surface area contributed by atoms with Gasteiger partial charge in [-0.25, -0.2) is 0 Å². The first-order valence-electron chi connectivity index (χ1n) is 8.33. The molecular weight excluding hydrogens is 434 g/mol. The van der Waals surface area contributed by atoms with Gasteiger partial charge in [-0.1, -0.05) is 52.0 Å². The van der Waals surface area contributed by atoms with Gasteiger partial charge in [0.2, 0.25) is 0 Å². The predicted molar refractivity (Wildman–Crippen MR) is 111 cm³/mol. The maximum Gasteiger partial charge on any atom is 0.266 e. The van der Waals surface area contributed by atoms with E-state index in [1.54, 1.807) is 11.0 Å². The molecule has 1 aromatic carbocycles. The fourth-order valence-electron chi connectivity index (χ4n) is 2.98. The van der Waals surface area contributed by atoms with Crippen LogP contribution in [0.5, 0.6) is 0 Å². The highest BCUT2D eigenvalue weighted by molar-refractivity contribution is 9.10. The summed E-state index contributed by atoms with van der Waals surface area (Å²) in [5.74, 6) is 1.33. The summed E-state index contributed by atoms with van der Waals surface area (Å²) in [7, 11) is 0. The van der Waals surface area contributed by atoms with Crippen molar-refractivity contribution in [3.63, 3.8) is 0 Å². The number of hydrogen-bond donors (Lipinski definition) is 0. The van der Waals surface area contributed by atoms with Crippen LogP contribution in [0.2, 0.25) is 0 Å². The number of benzene rings is 1. The Labute approximate surface area is 169 Å². The molecule has 1 atom stereocenters. The van der Waals surface area contributed by atoms with Gasteiger partial charge in [0.05, 0.1) is 17.6 Å². The molecule has 2 fully saturated rings. The standard InChI is InChI=1S/C19H16BrNO3S2/c20-13-5-3-12(4-6-13)16-8-7-14(24-16)10-17-18(22)21(19(25)26-17)11-15-2-1-9-23-15/h3-8,10,15H,1-2,9,11H2. The minimum Gasteiger partial charge on any atom is -0.457 e. The molecule has 2 aliphatic heterocycles. The molecule has 7 heteroatoms. The topological polar surface area (TPSA) is 42.7 Å². The van der Waals surface area contributed by atoms with Gasteiger partial charge in [-0.15, -0.1) is 0 Å². The number of ether oxygens (including phenoxy) is 1. The number of hydrogen-bond acceptors (Lipinski definition) is 5. The van der Waals surface area contributed by atoms with Crippen LogP contribution in [0.3, 0.4) is 0 Å². The lowest BCUT2D eigenvalue weighted by Crippen LogP contribution is -2.35. The van der Waals surface area contributed by atoms with Gasteiger partial charge in [0, 0.05) is 22.7 Å². The zero-order valence-corrected chi connectivity index (χ0v) is 17.0. The predicted octanol–water partition coefficient (Wildman–Crippen LogP) is 5.09. The molecule has 3 heterocycles. The molecule has 4 rings (SSSR count). The summed E-state index contributed by atoms with van der Waals surface area (Å²) in [6.07, 6.45) is 3.87. The molecule has 2 aliphatic rings. The van der Waals surface area contributed by atoms with E-state index < -0.39 is 0 Å². The van der Waals surface area contributed by atoms with Gasteiger partial charge in [-0.2, -0.15) is 0 Å². The third kappa shape index (κ3) is 3.81. The van der Waals surface area contributed by atoms with Gasteiger partial charge in [0.1, 0.15) is 15.8 Å². The first kappa shape index (κ1) is 18.0. The highest BCUT2D eigenvalue weighted by Gasteiger charge is 2.34. The summed E-state index contributed by atoms with van der Waals surface area (Å²) in [6, 6.07) is 11.7. The maximum absolute atomic E-state index is 12.7. The Bertz CT molecular complexity index is 869. The number of halogens is 1. The number of nitrogens with zero attached hydrogens (tertiary/aromatic N) is 1. The summed E-state index contributed by atoms with van der Waals surface area (Å²) < 4.78 is 13.1. The first-order chi connectivity index (χ1) is 12.6. The van der Waals surface area contributed by atoms with Gasteiger partial charge in [0.15, 0.2) is 0 Å². The quantitative estimate of drug-likeness (QED) is 0.480. The van der Waals surface area contributed by atoms with E-state index in [0.717, 1.165) is 35.2 Å².